The Labute approximate surface area is 145 Å². The average molecular weight is 348 g/mol. The van der Waals surface area contributed by atoms with E-state index in [2.05, 4.69) is 34.5 Å². The molecule has 1 heterocycles. The zero-order chi connectivity index (χ0) is 14.4. The number of amides is 1. The lowest BCUT2D eigenvalue weighted by atomic mass is 10.0. The molecule has 22 heavy (non-hydrogen) atoms. The van der Waals surface area contributed by atoms with Gasteiger partial charge in [0.25, 0.3) is 0 Å². The Kier molecular flexibility index (Phi) is 10.4. The zero-order valence-corrected chi connectivity index (χ0v) is 14.7. The van der Waals surface area contributed by atoms with Gasteiger partial charge in [-0.2, -0.15) is 0 Å². The van der Waals surface area contributed by atoms with E-state index in [-0.39, 0.29) is 42.7 Å². The third-order valence-electron chi connectivity index (χ3n) is 3.90. The van der Waals surface area contributed by atoms with E-state index >= 15 is 0 Å². The molecule has 1 saturated heterocycles. The van der Waals surface area contributed by atoms with E-state index in [0.29, 0.717) is 6.54 Å². The summed E-state index contributed by atoms with van der Waals surface area (Å²) in [6.45, 7) is 5.28. The summed E-state index contributed by atoms with van der Waals surface area (Å²) in [4.78, 5) is 14.3. The Bertz CT molecular complexity index is 431. The quantitative estimate of drug-likeness (QED) is 0.858. The van der Waals surface area contributed by atoms with Gasteiger partial charge in [-0.1, -0.05) is 37.3 Å². The lowest BCUT2D eigenvalue weighted by Gasteiger charge is -2.33. The third-order valence-corrected chi connectivity index (χ3v) is 3.90. The Morgan fingerprint density at radius 1 is 1.36 bits per heavy atom. The molecule has 2 atom stereocenters. The van der Waals surface area contributed by atoms with Gasteiger partial charge in [0, 0.05) is 31.6 Å². The van der Waals surface area contributed by atoms with Crippen LogP contribution in [0.5, 0.6) is 0 Å². The van der Waals surface area contributed by atoms with Crippen molar-refractivity contribution < 1.29 is 4.79 Å². The van der Waals surface area contributed by atoms with Crippen LogP contribution < -0.4 is 11.1 Å². The predicted octanol–water partition coefficient (Wildman–Crippen LogP) is 2.21. The summed E-state index contributed by atoms with van der Waals surface area (Å²) in [6, 6.07) is 10.7. The second-order valence-corrected chi connectivity index (χ2v) is 5.71. The van der Waals surface area contributed by atoms with Crippen LogP contribution in [0.15, 0.2) is 30.3 Å². The first-order chi connectivity index (χ1) is 9.69. The van der Waals surface area contributed by atoms with Crippen molar-refractivity contribution in [2.45, 2.75) is 32.4 Å². The van der Waals surface area contributed by atoms with E-state index in [1.165, 1.54) is 5.56 Å². The van der Waals surface area contributed by atoms with Gasteiger partial charge >= 0.3 is 0 Å². The number of carbonyl (C=O) groups is 1. The number of nitrogens with one attached hydrogen (secondary N) is 1. The minimum Gasteiger partial charge on any atom is -0.352 e. The molecular formula is C16H27Cl2N3O. The number of hydrogen-bond acceptors (Lipinski definition) is 3. The minimum atomic E-state index is -0.0977. The minimum absolute atomic E-state index is 0. The van der Waals surface area contributed by atoms with Gasteiger partial charge < -0.3 is 11.1 Å². The molecule has 6 heteroatoms. The number of carbonyl (C=O) groups excluding carboxylic acids is 1. The Morgan fingerprint density at radius 2 is 2.05 bits per heavy atom. The average Bonchev–Trinajstić information content (AvgIpc) is 2.47. The largest absolute Gasteiger partial charge is 0.352 e. The van der Waals surface area contributed by atoms with Crippen molar-refractivity contribution in [3.05, 3.63) is 35.9 Å². The molecule has 0 aliphatic carbocycles. The lowest BCUT2D eigenvalue weighted by Crippen LogP contribution is -2.49. The van der Waals surface area contributed by atoms with Crippen LogP contribution in [0.1, 0.15) is 25.3 Å². The maximum absolute atomic E-state index is 11.9. The fourth-order valence-electron chi connectivity index (χ4n) is 2.61. The van der Waals surface area contributed by atoms with Crippen molar-refractivity contribution in [1.82, 2.24) is 10.2 Å². The molecule has 0 radical (unpaired) electrons. The third kappa shape index (κ3) is 6.53. The highest BCUT2D eigenvalue weighted by Gasteiger charge is 2.22. The predicted molar refractivity (Wildman–Crippen MR) is 95.6 cm³/mol. The van der Waals surface area contributed by atoms with Gasteiger partial charge in [0.15, 0.2) is 0 Å². The van der Waals surface area contributed by atoms with Crippen LogP contribution >= 0.6 is 24.8 Å². The first-order valence-corrected chi connectivity index (χ1v) is 7.45. The summed E-state index contributed by atoms with van der Waals surface area (Å²) in [7, 11) is 0. The van der Waals surface area contributed by atoms with E-state index in [9.17, 15) is 4.79 Å². The number of hydrogen-bond donors (Lipinski definition) is 2. The second kappa shape index (κ2) is 10.8. The van der Waals surface area contributed by atoms with Crippen LogP contribution in [0.4, 0.5) is 0 Å². The standard InChI is InChI=1S/C16H25N3O.2ClH/c1-13(10-17)16(20)18-15-8-5-9-19(12-15)11-14-6-3-2-4-7-14;;/h2-4,6-7,13,15H,5,8-12,17H2,1H3,(H,18,20);2*1H. The molecule has 1 fully saturated rings. The molecule has 0 spiro atoms. The molecule has 126 valence electrons. The smallest absolute Gasteiger partial charge is 0.224 e. The molecule has 0 aromatic heterocycles. The van der Waals surface area contributed by atoms with Gasteiger partial charge in [-0.15, -0.1) is 24.8 Å². The van der Waals surface area contributed by atoms with Crippen LogP contribution in [0, 0.1) is 5.92 Å². The van der Waals surface area contributed by atoms with Crippen LogP contribution in [0.25, 0.3) is 0 Å². The molecule has 1 aromatic rings. The summed E-state index contributed by atoms with van der Waals surface area (Å²) >= 11 is 0. The highest BCUT2D eigenvalue weighted by Crippen LogP contribution is 2.14. The summed E-state index contributed by atoms with van der Waals surface area (Å²) in [5.41, 5.74) is 6.86. The number of nitrogens with two attached hydrogens (primary N) is 1. The lowest BCUT2D eigenvalue weighted by molar-refractivity contribution is -0.125. The molecule has 1 amide bonds. The van der Waals surface area contributed by atoms with Gasteiger partial charge in [-0.05, 0) is 24.9 Å². The van der Waals surface area contributed by atoms with Crippen LogP contribution in [-0.2, 0) is 11.3 Å². The molecule has 3 N–H and O–H groups in total. The first kappa shape index (κ1) is 21.2. The van der Waals surface area contributed by atoms with Crippen LogP contribution in [-0.4, -0.2) is 36.5 Å². The summed E-state index contributed by atoms with van der Waals surface area (Å²) in [5.74, 6) is -0.0152. The monoisotopic (exact) mass is 347 g/mol. The number of benzene rings is 1. The molecule has 2 unspecified atom stereocenters. The number of halogens is 2. The molecule has 0 bridgehead atoms. The van der Waals surface area contributed by atoms with E-state index in [0.717, 1.165) is 32.5 Å². The van der Waals surface area contributed by atoms with Gasteiger partial charge in [0.2, 0.25) is 5.91 Å². The Balaban J connectivity index is 0.00000220. The van der Waals surface area contributed by atoms with E-state index in [1.54, 1.807) is 0 Å². The number of piperidine rings is 1. The van der Waals surface area contributed by atoms with Gasteiger partial charge in [-0.25, -0.2) is 0 Å². The molecule has 1 aromatic carbocycles. The number of likely N-dealkylation sites (tertiary alicyclic amines) is 1. The Hall–Kier alpha value is -0.810. The highest BCUT2D eigenvalue weighted by atomic mass is 35.5. The van der Waals surface area contributed by atoms with E-state index in [4.69, 9.17) is 5.73 Å². The van der Waals surface area contributed by atoms with Gasteiger partial charge in [-0.3, -0.25) is 9.69 Å². The highest BCUT2D eigenvalue weighted by molar-refractivity contribution is 5.85. The topological polar surface area (TPSA) is 58.4 Å². The summed E-state index contributed by atoms with van der Waals surface area (Å²) in [5, 5.41) is 3.12. The normalized spacial score (nSPS) is 19.5. The molecule has 1 aliphatic rings. The van der Waals surface area contributed by atoms with Gasteiger partial charge in [0.05, 0.1) is 0 Å². The number of nitrogens with zero attached hydrogens (tertiary/aromatic N) is 1. The molecule has 4 nitrogen and oxygen atoms in total. The zero-order valence-electron chi connectivity index (χ0n) is 13.0. The van der Waals surface area contributed by atoms with Crippen molar-refractivity contribution in [2.24, 2.45) is 11.7 Å². The molecule has 1 aliphatic heterocycles. The molecular weight excluding hydrogens is 321 g/mol. The van der Waals surface area contributed by atoms with Crippen LogP contribution in [0.3, 0.4) is 0 Å². The number of rotatable bonds is 5. The van der Waals surface area contributed by atoms with Crippen LogP contribution in [0.2, 0.25) is 0 Å². The van der Waals surface area contributed by atoms with E-state index < -0.39 is 0 Å². The second-order valence-electron chi connectivity index (χ2n) is 5.71. The fourth-order valence-corrected chi connectivity index (χ4v) is 2.61. The van der Waals surface area contributed by atoms with Crippen molar-refractivity contribution in [3.8, 4) is 0 Å². The van der Waals surface area contributed by atoms with E-state index in [1.807, 2.05) is 13.0 Å². The maximum atomic E-state index is 11.9. The molecule has 2 rings (SSSR count). The SMILES string of the molecule is CC(CN)C(=O)NC1CCCN(Cc2ccccc2)C1.Cl.Cl. The first-order valence-electron chi connectivity index (χ1n) is 7.45. The van der Waals surface area contributed by atoms with Crippen molar-refractivity contribution in [3.63, 3.8) is 0 Å². The Morgan fingerprint density at radius 3 is 2.68 bits per heavy atom. The molecule has 0 saturated carbocycles. The summed E-state index contributed by atoms with van der Waals surface area (Å²) < 4.78 is 0. The van der Waals surface area contributed by atoms with Gasteiger partial charge in [0.1, 0.15) is 0 Å². The van der Waals surface area contributed by atoms with Crippen molar-refractivity contribution in [1.29, 1.82) is 0 Å². The summed E-state index contributed by atoms with van der Waals surface area (Å²) in [6.07, 6.45) is 2.20. The maximum Gasteiger partial charge on any atom is 0.224 e. The van der Waals surface area contributed by atoms with Crippen molar-refractivity contribution >= 4 is 30.7 Å². The fraction of sp³-hybridized carbons (Fsp3) is 0.562. The van der Waals surface area contributed by atoms with Crippen molar-refractivity contribution in [2.75, 3.05) is 19.6 Å².